The number of nitrogen functional groups attached to an aromatic ring is 1. The summed E-state index contributed by atoms with van der Waals surface area (Å²) in [6.45, 7) is -0.0212. The molecule has 31 heavy (non-hydrogen) atoms. The van der Waals surface area contributed by atoms with Crippen LogP contribution in [0.3, 0.4) is 0 Å². The fraction of sp³-hybridized carbons (Fsp3) is 0.190. The quantitative estimate of drug-likeness (QED) is 0.497. The Morgan fingerprint density at radius 2 is 1.87 bits per heavy atom. The molecule has 0 fully saturated rings. The lowest BCUT2D eigenvalue weighted by molar-refractivity contribution is -0.137. The van der Waals surface area contributed by atoms with Gasteiger partial charge in [-0.05, 0) is 35.9 Å². The summed E-state index contributed by atoms with van der Waals surface area (Å²) in [4.78, 5) is 22.6. The molecule has 2 aromatic carbocycles. The molecule has 10 heteroatoms. The van der Waals surface area contributed by atoms with Gasteiger partial charge in [0, 0.05) is 18.0 Å². The minimum absolute atomic E-state index is 0.0212. The van der Waals surface area contributed by atoms with E-state index in [9.17, 15) is 18.0 Å². The molecule has 0 unspecified atom stereocenters. The molecule has 2 N–H and O–H groups in total. The van der Waals surface area contributed by atoms with Crippen molar-refractivity contribution in [3.05, 3.63) is 65.4 Å². The third-order valence-electron chi connectivity index (χ3n) is 5.01. The maximum atomic E-state index is 13.0. The molecule has 0 aliphatic heterocycles. The smallest absolute Gasteiger partial charge is 0.383 e. The number of aromatic nitrogens is 3. The highest BCUT2D eigenvalue weighted by Crippen LogP contribution is 2.30. The van der Waals surface area contributed by atoms with Crippen LogP contribution in [0.5, 0.6) is 0 Å². The van der Waals surface area contributed by atoms with E-state index in [1.54, 1.807) is 36.1 Å². The van der Waals surface area contributed by atoms with E-state index < -0.39 is 17.6 Å². The summed E-state index contributed by atoms with van der Waals surface area (Å²) in [6.07, 6.45) is -2.81. The first-order chi connectivity index (χ1) is 14.7. The molecule has 160 valence electrons. The molecular formula is C21H18F3N5O2. The summed E-state index contributed by atoms with van der Waals surface area (Å²) in [5, 5.41) is 6.66. The van der Waals surface area contributed by atoms with E-state index in [0.29, 0.717) is 33.2 Å². The number of halogens is 3. The summed E-state index contributed by atoms with van der Waals surface area (Å²) in [5.74, 6) is -0.105. The fourth-order valence-electron chi connectivity index (χ4n) is 3.42. The molecule has 1 amide bonds. The number of hydrogen-bond acceptors (Lipinski definition) is 5. The second-order valence-corrected chi connectivity index (χ2v) is 6.98. The van der Waals surface area contributed by atoms with Crippen LogP contribution < -0.4 is 5.73 Å². The number of benzene rings is 2. The molecule has 0 spiro atoms. The van der Waals surface area contributed by atoms with Crippen molar-refractivity contribution >= 4 is 33.5 Å². The van der Waals surface area contributed by atoms with Gasteiger partial charge in [-0.25, -0.2) is 10.0 Å². The van der Waals surface area contributed by atoms with Gasteiger partial charge >= 0.3 is 6.18 Å². The Bertz CT molecular complexity index is 1280. The molecule has 0 aliphatic rings. The van der Waals surface area contributed by atoms with Gasteiger partial charge in [-0.2, -0.15) is 18.3 Å². The van der Waals surface area contributed by atoms with Gasteiger partial charge in [0.2, 0.25) is 0 Å². The van der Waals surface area contributed by atoms with Crippen molar-refractivity contribution in [2.45, 2.75) is 12.7 Å². The number of alkyl halides is 3. The van der Waals surface area contributed by atoms with Gasteiger partial charge in [0.25, 0.3) is 5.91 Å². The highest BCUT2D eigenvalue weighted by atomic mass is 19.4. The average molecular weight is 429 g/mol. The fourth-order valence-corrected chi connectivity index (χ4v) is 3.42. The number of carbonyl (C=O) groups is 1. The van der Waals surface area contributed by atoms with E-state index in [1.165, 1.54) is 19.2 Å². The van der Waals surface area contributed by atoms with Crippen molar-refractivity contribution in [2.24, 2.45) is 7.05 Å². The molecule has 4 rings (SSSR count). The van der Waals surface area contributed by atoms with Gasteiger partial charge in [-0.3, -0.25) is 14.3 Å². The van der Waals surface area contributed by atoms with Crippen LogP contribution >= 0.6 is 0 Å². The Labute approximate surface area is 174 Å². The monoisotopic (exact) mass is 429 g/mol. The van der Waals surface area contributed by atoms with Crippen molar-refractivity contribution < 1.29 is 22.8 Å². The van der Waals surface area contributed by atoms with Crippen LogP contribution in [0, 0.1) is 0 Å². The summed E-state index contributed by atoms with van der Waals surface area (Å²) in [6, 6.07) is 9.52. The van der Waals surface area contributed by atoms with Crippen LogP contribution in [0.1, 0.15) is 21.5 Å². The first kappa shape index (κ1) is 20.6. The maximum absolute atomic E-state index is 13.0. The predicted octanol–water partition coefficient (Wildman–Crippen LogP) is 3.93. The van der Waals surface area contributed by atoms with Gasteiger partial charge in [0.15, 0.2) is 0 Å². The number of anilines is 1. The number of rotatable bonds is 4. The number of nitrogens with two attached hydrogens (primary N) is 1. The Balaban J connectivity index is 1.66. The van der Waals surface area contributed by atoms with Crippen LogP contribution in [0.15, 0.2) is 48.7 Å². The number of fused-ring (bicyclic) bond motifs is 3. The standard InChI is InChI=1S/C21H18F3N5O2/c1-28-18-15-9-13(5-8-17(15)27-19(25)16(18)10-26-28)20(30)29(31-2)11-12-3-6-14(7-4-12)21(22,23)24/h3-10H,11H2,1-2H3,(H2,25,27). The van der Waals surface area contributed by atoms with Gasteiger partial charge in [0.1, 0.15) is 5.82 Å². The molecule has 7 nitrogen and oxygen atoms in total. The van der Waals surface area contributed by atoms with Gasteiger partial charge < -0.3 is 5.73 Å². The lowest BCUT2D eigenvalue weighted by atomic mass is 10.1. The van der Waals surface area contributed by atoms with Crippen LogP contribution in [0.25, 0.3) is 21.8 Å². The van der Waals surface area contributed by atoms with Crippen molar-refractivity contribution in [1.82, 2.24) is 19.8 Å². The SMILES string of the molecule is CON(Cc1ccc(C(F)(F)F)cc1)C(=O)c1ccc2nc(N)c3cnn(C)c3c2c1. The molecule has 4 aromatic rings. The van der Waals surface area contributed by atoms with E-state index in [-0.39, 0.29) is 6.54 Å². The number of pyridine rings is 1. The van der Waals surface area contributed by atoms with Gasteiger partial charge in [-0.1, -0.05) is 12.1 Å². The molecular weight excluding hydrogens is 411 g/mol. The van der Waals surface area contributed by atoms with E-state index in [0.717, 1.165) is 22.7 Å². The first-order valence-electron chi connectivity index (χ1n) is 9.22. The summed E-state index contributed by atoms with van der Waals surface area (Å²) >= 11 is 0. The number of hydrogen-bond donors (Lipinski definition) is 1. The molecule has 0 saturated carbocycles. The Kier molecular flexibility index (Phi) is 5.02. The van der Waals surface area contributed by atoms with Crippen molar-refractivity contribution in [2.75, 3.05) is 12.8 Å². The average Bonchev–Trinajstić information content (AvgIpc) is 3.13. The summed E-state index contributed by atoms with van der Waals surface area (Å²) in [7, 11) is 3.09. The van der Waals surface area contributed by atoms with Crippen LogP contribution in [-0.4, -0.2) is 32.8 Å². The zero-order valence-corrected chi connectivity index (χ0v) is 16.6. The second kappa shape index (κ2) is 7.55. The predicted molar refractivity (Wildman–Crippen MR) is 109 cm³/mol. The minimum atomic E-state index is -4.42. The van der Waals surface area contributed by atoms with Crippen molar-refractivity contribution in [3.63, 3.8) is 0 Å². The topological polar surface area (TPSA) is 86.3 Å². The zero-order chi connectivity index (χ0) is 22.3. The highest BCUT2D eigenvalue weighted by Gasteiger charge is 2.30. The summed E-state index contributed by atoms with van der Waals surface area (Å²) < 4.78 is 39.9. The molecule has 0 radical (unpaired) electrons. The third-order valence-corrected chi connectivity index (χ3v) is 5.01. The maximum Gasteiger partial charge on any atom is 0.416 e. The molecule has 2 heterocycles. The van der Waals surface area contributed by atoms with Crippen LogP contribution in [0.4, 0.5) is 19.0 Å². The number of nitrogens with zero attached hydrogens (tertiary/aromatic N) is 4. The Morgan fingerprint density at radius 3 is 2.52 bits per heavy atom. The number of aryl methyl sites for hydroxylation is 1. The molecule has 0 bridgehead atoms. The molecule has 0 aliphatic carbocycles. The zero-order valence-electron chi connectivity index (χ0n) is 16.6. The normalized spacial score (nSPS) is 11.9. The van der Waals surface area contributed by atoms with Gasteiger partial charge in [0.05, 0.1) is 41.8 Å². The van der Waals surface area contributed by atoms with E-state index >= 15 is 0 Å². The largest absolute Gasteiger partial charge is 0.416 e. The number of hydroxylamine groups is 2. The lowest BCUT2D eigenvalue weighted by Crippen LogP contribution is -2.29. The number of amides is 1. The first-order valence-corrected chi connectivity index (χ1v) is 9.22. The van der Waals surface area contributed by atoms with E-state index in [4.69, 9.17) is 10.6 Å². The van der Waals surface area contributed by atoms with Crippen LogP contribution in [0.2, 0.25) is 0 Å². The lowest BCUT2D eigenvalue weighted by Gasteiger charge is -2.20. The summed E-state index contributed by atoms with van der Waals surface area (Å²) in [5.41, 5.74) is 7.41. The van der Waals surface area contributed by atoms with Crippen molar-refractivity contribution in [1.29, 1.82) is 0 Å². The van der Waals surface area contributed by atoms with Crippen LogP contribution in [-0.2, 0) is 24.6 Å². The second-order valence-electron chi connectivity index (χ2n) is 6.98. The molecule has 0 saturated heterocycles. The van der Waals surface area contributed by atoms with E-state index in [2.05, 4.69) is 10.1 Å². The molecule has 2 aromatic heterocycles. The molecule has 0 atom stereocenters. The highest BCUT2D eigenvalue weighted by molar-refractivity contribution is 6.10. The third kappa shape index (κ3) is 3.77. The number of carbonyl (C=O) groups excluding carboxylic acids is 1. The van der Waals surface area contributed by atoms with E-state index in [1.807, 2.05) is 0 Å². The van der Waals surface area contributed by atoms with Gasteiger partial charge in [-0.15, -0.1) is 0 Å². The van der Waals surface area contributed by atoms with Crippen molar-refractivity contribution in [3.8, 4) is 0 Å². The minimum Gasteiger partial charge on any atom is -0.383 e. The Morgan fingerprint density at radius 1 is 1.16 bits per heavy atom. The Hall–Kier alpha value is -3.66.